The first-order chi connectivity index (χ1) is 5.74. The van der Waals surface area contributed by atoms with Crippen LogP contribution in [0.2, 0.25) is 6.32 Å². The van der Waals surface area contributed by atoms with E-state index in [-0.39, 0.29) is 10.6 Å². The Labute approximate surface area is 72.0 Å². The van der Waals surface area contributed by atoms with E-state index in [1.807, 2.05) is 12.1 Å². The Morgan fingerprint density at radius 2 is 1.92 bits per heavy atom. The minimum atomic E-state index is -0.379. The maximum atomic E-state index is 10.3. The smallest absolute Gasteiger partial charge is 0.258 e. The first-order valence-electron chi connectivity index (χ1n) is 3.97. The highest BCUT2D eigenvalue weighted by Gasteiger charge is 2.02. The SMILES string of the molecule is BCCc1ccc([N+](=O)[O-])cc1. The van der Waals surface area contributed by atoms with E-state index in [4.69, 9.17) is 0 Å². The van der Waals surface area contributed by atoms with Gasteiger partial charge in [-0.05, 0) is 12.0 Å². The molecule has 0 aliphatic heterocycles. The summed E-state index contributed by atoms with van der Waals surface area (Å²) in [7, 11) is 2.08. The highest BCUT2D eigenvalue weighted by Crippen LogP contribution is 2.12. The third-order valence-electron chi connectivity index (χ3n) is 1.69. The summed E-state index contributed by atoms with van der Waals surface area (Å²) in [6.07, 6.45) is 2.05. The molecule has 0 spiro atoms. The second-order valence-corrected chi connectivity index (χ2v) is 2.67. The molecule has 0 radical (unpaired) electrons. The lowest BCUT2D eigenvalue weighted by Gasteiger charge is -1.96. The van der Waals surface area contributed by atoms with Crippen molar-refractivity contribution in [2.45, 2.75) is 12.7 Å². The van der Waals surface area contributed by atoms with E-state index in [2.05, 4.69) is 7.85 Å². The molecule has 12 heavy (non-hydrogen) atoms. The second kappa shape index (κ2) is 3.90. The third-order valence-corrected chi connectivity index (χ3v) is 1.69. The molecule has 0 atom stereocenters. The molecule has 1 aromatic rings. The highest BCUT2D eigenvalue weighted by atomic mass is 16.6. The van der Waals surface area contributed by atoms with Crippen LogP contribution in [0.5, 0.6) is 0 Å². The molecule has 0 aliphatic carbocycles. The number of non-ortho nitro benzene ring substituents is 1. The minimum absolute atomic E-state index is 0.162. The zero-order valence-corrected chi connectivity index (χ0v) is 6.99. The highest BCUT2D eigenvalue weighted by molar-refractivity contribution is 6.08. The van der Waals surface area contributed by atoms with Gasteiger partial charge >= 0.3 is 0 Å². The summed E-state index contributed by atoms with van der Waals surface area (Å²) in [6.45, 7) is 0. The molecule has 4 heteroatoms. The Bertz CT molecular complexity index is 271. The number of nitro groups is 1. The fourth-order valence-electron chi connectivity index (χ4n) is 1.07. The van der Waals surface area contributed by atoms with Crippen LogP contribution in [0, 0.1) is 10.1 Å². The lowest BCUT2D eigenvalue weighted by atomic mass is 9.97. The van der Waals surface area contributed by atoms with Crippen LogP contribution in [-0.4, -0.2) is 12.8 Å². The van der Waals surface area contributed by atoms with Gasteiger partial charge in [-0.2, -0.15) is 0 Å². The Hall–Kier alpha value is -1.32. The van der Waals surface area contributed by atoms with E-state index in [9.17, 15) is 10.1 Å². The van der Waals surface area contributed by atoms with Crippen molar-refractivity contribution in [1.29, 1.82) is 0 Å². The standard InChI is InChI=1S/C8H10BNO2/c9-6-5-7-1-3-8(4-2-7)10(11)12/h1-4H,5-6,9H2. The summed E-state index contributed by atoms with van der Waals surface area (Å²) in [5, 5.41) is 10.3. The van der Waals surface area contributed by atoms with Gasteiger partial charge in [0.2, 0.25) is 0 Å². The van der Waals surface area contributed by atoms with Gasteiger partial charge in [-0.25, -0.2) is 0 Å². The number of benzene rings is 1. The van der Waals surface area contributed by atoms with Crippen molar-refractivity contribution in [3.8, 4) is 0 Å². The quantitative estimate of drug-likeness (QED) is 0.381. The maximum Gasteiger partial charge on any atom is 0.269 e. The van der Waals surface area contributed by atoms with Crippen molar-refractivity contribution in [2.24, 2.45) is 0 Å². The molecule has 1 rings (SSSR count). The van der Waals surface area contributed by atoms with E-state index < -0.39 is 0 Å². The predicted molar refractivity (Wildman–Crippen MR) is 50.2 cm³/mol. The average molecular weight is 163 g/mol. The van der Waals surface area contributed by atoms with Crippen LogP contribution in [0.15, 0.2) is 24.3 Å². The Morgan fingerprint density at radius 3 is 2.33 bits per heavy atom. The molecule has 0 fully saturated rings. The molecular weight excluding hydrogens is 153 g/mol. The largest absolute Gasteiger partial charge is 0.269 e. The Balaban J connectivity index is 2.78. The first kappa shape index (κ1) is 8.78. The van der Waals surface area contributed by atoms with Gasteiger partial charge in [0.25, 0.3) is 5.69 Å². The van der Waals surface area contributed by atoms with Gasteiger partial charge in [0.05, 0.1) is 4.92 Å². The van der Waals surface area contributed by atoms with Gasteiger partial charge < -0.3 is 0 Å². The second-order valence-electron chi connectivity index (χ2n) is 2.67. The van der Waals surface area contributed by atoms with Crippen molar-refractivity contribution < 1.29 is 4.92 Å². The molecule has 0 aromatic heterocycles. The molecule has 3 nitrogen and oxygen atoms in total. The van der Waals surface area contributed by atoms with E-state index in [0.29, 0.717) is 0 Å². The van der Waals surface area contributed by atoms with E-state index in [1.165, 1.54) is 0 Å². The fourth-order valence-corrected chi connectivity index (χ4v) is 1.07. The van der Waals surface area contributed by atoms with Crippen LogP contribution in [0.4, 0.5) is 5.69 Å². The van der Waals surface area contributed by atoms with Gasteiger partial charge in [-0.15, -0.1) is 0 Å². The Kier molecular flexibility index (Phi) is 2.85. The molecule has 0 saturated carbocycles. The van der Waals surface area contributed by atoms with Gasteiger partial charge in [-0.3, -0.25) is 10.1 Å². The zero-order chi connectivity index (χ0) is 8.97. The van der Waals surface area contributed by atoms with Crippen molar-refractivity contribution in [2.75, 3.05) is 0 Å². The van der Waals surface area contributed by atoms with Crippen molar-refractivity contribution in [3.63, 3.8) is 0 Å². The predicted octanol–water partition coefficient (Wildman–Crippen LogP) is 1.19. The number of nitro benzene ring substituents is 1. The summed E-state index contributed by atoms with van der Waals surface area (Å²) in [5.41, 5.74) is 1.32. The molecule has 0 aliphatic rings. The minimum Gasteiger partial charge on any atom is -0.258 e. The third kappa shape index (κ3) is 2.08. The molecule has 0 bridgehead atoms. The van der Waals surface area contributed by atoms with E-state index in [0.717, 1.165) is 18.3 Å². The lowest BCUT2D eigenvalue weighted by molar-refractivity contribution is -0.384. The monoisotopic (exact) mass is 163 g/mol. The lowest BCUT2D eigenvalue weighted by Crippen LogP contribution is -1.88. The summed E-state index contributed by atoms with van der Waals surface area (Å²) < 4.78 is 0. The van der Waals surface area contributed by atoms with E-state index >= 15 is 0 Å². The molecular formula is C8H10BNO2. The van der Waals surface area contributed by atoms with Crippen molar-refractivity contribution in [3.05, 3.63) is 39.9 Å². The van der Waals surface area contributed by atoms with Crippen LogP contribution >= 0.6 is 0 Å². The molecule has 0 N–H and O–H groups in total. The molecule has 62 valence electrons. The van der Waals surface area contributed by atoms with Crippen LogP contribution in [0.3, 0.4) is 0 Å². The zero-order valence-electron chi connectivity index (χ0n) is 6.99. The van der Waals surface area contributed by atoms with Gasteiger partial charge in [0, 0.05) is 12.1 Å². The summed E-state index contributed by atoms with van der Waals surface area (Å²) in [6, 6.07) is 6.71. The summed E-state index contributed by atoms with van der Waals surface area (Å²) in [5.74, 6) is 0. The molecule has 1 aromatic carbocycles. The topological polar surface area (TPSA) is 43.1 Å². The van der Waals surface area contributed by atoms with Crippen LogP contribution < -0.4 is 0 Å². The van der Waals surface area contributed by atoms with E-state index in [1.54, 1.807) is 12.1 Å². The number of hydrogen-bond acceptors (Lipinski definition) is 2. The summed E-state index contributed by atoms with van der Waals surface area (Å²) in [4.78, 5) is 9.90. The van der Waals surface area contributed by atoms with Crippen molar-refractivity contribution in [1.82, 2.24) is 0 Å². The summed E-state index contributed by atoms with van der Waals surface area (Å²) >= 11 is 0. The Morgan fingerprint density at radius 1 is 1.33 bits per heavy atom. The van der Waals surface area contributed by atoms with Crippen molar-refractivity contribution >= 4 is 13.5 Å². The van der Waals surface area contributed by atoms with Crippen LogP contribution in [0.1, 0.15) is 5.56 Å². The molecule has 0 heterocycles. The number of nitrogens with zero attached hydrogens (tertiary/aromatic N) is 1. The van der Waals surface area contributed by atoms with Crippen LogP contribution in [-0.2, 0) is 6.42 Å². The molecule has 0 saturated heterocycles. The first-order valence-corrected chi connectivity index (χ1v) is 3.97. The van der Waals surface area contributed by atoms with Gasteiger partial charge in [-0.1, -0.05) is 18.5 Å². The fraction of sp³-hybridized carbons (Fsp3) is 0.250. The molecule has 0 amide bonds. The van der Waals surface area contributed by atoms with Gasteiger partial charge in [0.15, 0.2) is 0 Å². The molecule has 0 unspecified atom stereocenters. The maximum absolute atomic E-state index is 10.3. The normalized spacial score (nSPS) is 9.67. The van der Waals surface area contributed by atoms with Crippen LogP contribution in [0.25, 0.3) is 0 Å². The number of hydrogen-bond donors (Lipinski definition) is 0. The number of aryl methyl sites for hydroxylation is 1. The average Bonchev–Trinajstić information content (AvgIpc) is 2.06. The van der Waals surface area contributed by atoms with Gasteiger partial charge in [0.1, 0.15) is 7.85 Å². The number of rotatable bonds is 3.